The topological polar surface area (TPSA) is 43.9 Å². The van der Waals surface area contributed by atoms with Crippen LogP contribution in [0.3, 0.4) is 0 Å². The van der Waals surface area contributed by atoms with Gasteiger partial charge in [-0.2, -0.15) is 0 Å². The minimum Gasteiger partial charge on any atom is -0.363 e. The molecule has 1 fully saturated rings. The van der Waals surface area contributed by atoms with E-state index in [1.165, 1.54) is 4.90 Å². The Hall–Kier alpha value is -1.85. The number of amides is 2. The Balaban J connectivity index is 1.94. The first-order valence-corrected chi connectivity index (χ1v) is 8.07. The Bertz CT molecular complexity index is 706. The molecular formula is C17H20ClN3O2. The molecule has 5 nitrogen and oxygen atoms in total. The van der Waals surface area contributed by atoms with Gasteiger partial charge in [-0.1, -0.05) is 23.7 Å². The molecule has 6 heteroatoms. The van der Waals surface area contributed by atoms with Crippen molar-refractivity contribution < 1.29 is 9.59 Å². The summed E-state index contributed by atoms with van der Waals surface area (Å²) in [6, 6.07) is 5.72. The summed E-state index contributed by atoms with van der Waals surface area (Å²) in [5.74, 6) is -0.752. The molecular weight excluding hydrogens is 314 g/mol. The van der Waals surface area contributed by atoms with Crippen LogP contribution in [-0.2, 0) is 9.59 Å². The van der Waals surface area contributed by atoms with Crippen molar-refractivity contribution in [3.8, 4) is 0 Å². The Morgan fingerprint density at radius 3 is 2.30 bits per heavy atom. The Morgan fingerprint density at radius 2 is 1.65 bits per heavy atom. The number of rotatable bonds is 2. The third-order valence-corrected chi connectivity index (χ3v) is 4.77. The molecule has 2 heterocycles. The maximum absolute atomic E-state index is 12.9. The van der Waals surface area contributed by atoms with Crippen LogP contribution >= 0.6 is 11.6 Å². The quantitative estimate of drug-likeness (QED) is 0.775. The van der Waals surface area contributed by atoms with E-state index >= 15 is 0 Å². The molecule has 0 atom stereocenters. The molecule has 23 heavy (non-hydrogen) atoms. The molecule has 2 amide bonds. The third-order valence-electron chi connectivity index (χ3n) is 4.43. The van der Waals surface area contributed by atoms with E-state index in [0.29, 0.717) is 24.5 Å². The highest BCUT2D eigenvalue weighted by atomic mass is 35.5. The summed E-state index contributed by atoms with van der Waals surface area (Å²) in [5, 5.41) is 0.0282. The van der Waals surface area contributed by atoms with Crippen LogP contribution in [0, 0.1) is 13.8 Å². The summed E-state index contributed by atoms with van der Waals surface area (Å²) < 4.78 is 0. The van der Waals surface area contributed by atoms with Gasteiger partial charge in [0.15, 0.2) is 0 Å². The summed E-state index contributed by atoms with van der Waals surface area (Å²) in [4.78, 5) is 30.8. The van der Waals surface area contributed by atoms with Crippen LogP contribution in [0.1, 0.15) is 11.1 Å². The van der Waals surface area contributed by atoms with E-state index in [-0.39, 0.29) is 10.9 Å². The van der Waals surface area contributed by atoms with Gasteiger partial charge in [0.2, 0.25) is 0 Å². The summed E-state index contributed by atoms with van der Waals surface area (Å²) in [7, 11) is 2.04. The molecule has 0 radical (unpaired) electrons. The minimum atomic E-state index is -0.431. The van der Waals surface area contributed by atoms with Crippen molar-refractivity contribution in [2.75, 3.05) is 38.1 Å². The van der Waals surface area contributed by atoms with E-state index < -0.39 is 5.91 Å². The average molecular weight is 334 g/mol. The smallest absolute Gasteiger partial charge is 0.283 e. The fourth-order valence-electron chi connectivity index (χ4n) is 2.97. The van der Waals surface area contributed by atoms with Gasteiger partial charge in [0.25, 0.3) is 11.8 Å². The van der Waals surface area contributed by atoms with Gasteiger partial charge in [-0.25, -0.2) is 4.90 Å². The van der Waals surface area contributed by atoms with E-state index in [2.05, 4.69) is 4.90 Å². The highest BCUT2D eigenvalue weighted by Gasteiger charge is 2.42. The van der Waals surface area contributed by atoms with Gasteiger partial charge >= 0.3 is 0 Å². The normalized spacial score (nSPS) is 20.0. The fourth-order valence-corrected chi connectivity index (χ4v) is 3.26. The number of benzene rings is 1. The summed E-state index contributed by atoms with van der Waals surface area (Å²) in [5.41, 5.74) is 2.82. The first-order chi connectivity index (χ1) is 10.9. The van der Waals surface area contributed by atoms with Gasteiger partial charge in [-0.3, -0.25) is 9.59 Å². The van der Waals surface area contributed by atoms with Gasteiger partial charge in [0.05, 0.1) is 5.69 Å². The molecule has 122 valence electrons. The number of aryl methyl sites for hydroxylation is 2. The van der Waals surface area contributed by atoms with Gasteiger partial charge in [-0.05, 0) is 38.1 Å². The molecule has 1 saturated heterocycles. The van der Waals surface area contributed by atoms with Crippen molar-refractivity contribution in [3.63, 3.8) is 0 Å². The van der Waals surface area contributed by atoms with E-state index in [9.17, 15) is 9.59 Å². The monoisotopic (exact) mass is 333 g/mol. The molecule has 1 aromatic rings. The van der Waals surface area contributed by atoms with E-state index in [1.807, 2.05) is 44.0 Å². The van der Waals surface area contributed by atoms with E-state index in [0.717, 1.165) is 24.2 Å². The number of carbonyl (C=O) groups excluding carboxylic acids is 2. The second-order valence-electron chi connectivity index (χ2n) is 6.19. The van der Waals surface area contributed by atoms with Crippen LogP contribution < -0.4 is 4.90 Å². The lowest BCUT2D eigenvalue weighted by atomic mass is 10.1. The molecule has 0 aromatic heterocycles. The standard InChI is InChI=1S/C17H20ClN3O2/c1-11-4-5-12(2)13(10-11)21-16(22)14(18)15(17(21)23)20-8-6-19(3)7-9-20/h4-5,10H,6-9H2,1-3H3. The number of anilines is 1. The first-order valence-electron chi connectivity index (χ1n) is 7.69. The lowest BCUT2D eigenvalue weighted by Crippen LogP contribution is -2.46. The second kappa shape index (κ2) is 5.98. The number of carbonyl (C=O) groups is 2. The van der Waals surface area contributed by atoms with Crippen LogP contribution in [0.25, 0.3) is 0 Å². The highest BCUT2D eigenvalue weighted by molar-refractivity contribution is 6.52. The summed E-state index contributed by atoms with van der Waals surface area (Å²) >= 11 is 6.24. The predicted octanol–water partition coefficient (Wildman–Crippen LogP) is 1.87. The summed E-state index contributed by atoms with van der Waals surface area (Å²) in [6.07, 6.45) is 0. The van der Waals surface area contributed by atoms with Crippen LogP contribution in [0.5, 0.6) is 0 Å². The molecule has 0 aliphatic carbocycles. The first kappa shape index (κ1) is 16.0. The average Bonchev–Trinajstić information content (AvgIpc) is 2.73. The van der Waals surface area contributed by atoms with Crippen LogP contribution in [-0.4, -0.2) is 54.8 Å². The predicted molar refractivity (Wildman–Crippen MR) is 90.4 cm³/mol. The minimum absolute atomic E-state index is 0.0282. The van der Waals surface area contributed by atoms with E-state index in [1.54, 1.807) is 0 Å². The van der Waals surface area contributed by atoms with Crippen molar-refractivity contribution in [2.45, 2.75) is 13.8 Å². The van der Waals surface area contributed by atoms with Crippen LogP contribution in [0.15, 0.2) is 28.9 Å². The van der Waals surface area contributed by atoms with Gasteiger partial charge in [-0.15, -0.1) is 0 Å². The number of imide groups is 1. The number of piperazine rings is 1. The molecule has 2 aliphatic rings. The van der Waals surface area contributed by atoms with Crippen molar-refractivity contribution in [2.24, 2.45) is 0 Å². The lowest BCUT2D eigenvalue weighted by molar-refractivity contribution is -0.121. The largest absolute Gasteiger partial charge is 0.363 e. The maximum atomic E-state index is 12.9. The molecule has 0 saturated carbocycles. The number of hydrogen-bond donors (Lipinski definition) is 0. The fraction of sp³-hybridized carbons (Fsp3) is 0.412. The number of hydrogen-bond acceptors (Lipinski definition) is 4. The molecule has 1 aromatic carbocycles. The molecule has 0 N–H and O–H groups in total. The molecule has 0 spiro atoms. The van der Waals surface area contributed by atoms with Crippen molar-refractivity contribution in [3.05, 3.63) is 40.1 Å². The Morgan fingerprint density at radius 1 is 1.00 bits per heavy atom. The van der Waals surface area contributed by atoms with Crippen molar-refractivity contribution in [1.29, 1.82) is 0 Å². The highest BCUT2D eigenvalue weighted by Crippen LogP contribution is 2.33. The molecule has 0 bridgehead atoms. The Kier molecular flexibility index (Phi) is 4.17. The molecule has 2 aliphatic heterocycles. The number of nitrogens with zero attached hydrogens (tertiary/aromatic N) is 3. The second-order valence-corrected chi connectivity index (χ2v) is 6.57. The zero-order valence-electron chi connectivity index (χ0n) is 13.6. The van der Waals surface area contributed by atoms with Crippen LogP contribution in [0.2, 0.25) is 0 Å². The summed E-state index contributed by atoms with van der Waals surface area (Å²) in [6.45, 7) is 6.90. The number of halogens is 1. The molecule has 0 unspecified atom stereocenters. The van der Waals surface area contributed by atoms with Gasteiger partial charge in [0, 0.05) is 26.2 Å². The van der Waals surface area contributed by atoms with Gasteiger partial charge < -0.3 is 9.80 Å². The van der Waals surface area contributed by atoms with E-state index in [4.69, 9.17) is 11.6 Å². The van der Waals surface area contributed by atoms with Crippen molar-refractivity contribution in [1.82, 2.24) is 9.80 Å². The zero-order chi connectivity index (χ0) is 16.7. The SMILES string of the molecule is Cc1ccc(C)c(N2C(=O)C(Cl)=C(N3CCN(C)CC3)C2=O)c1. The van der Waals surface area contributed by atoms with Crippen molar-refractivity contribution >= 4 is 29.1 Å². The lowest BCUT2D eigenvalue weighted by Gasteiger charge is -2.34. The zero-order valence-corrected chi connectivity index (χ0v) is 14.4. The number of likely N-dealkylation sites (N-methyl/N-ethyl adjacent to an activating group) is 1. The maximum Gasteiger partial charge on any atom is 0.283 e. The van der Waals surface area contributed by atoms with Gasteiger partial charge in [0.1, 0.15) is 10.7 Å². The molecule has 3 rings (SSSR count). The van der Waals surface area contributed by atoms with Crippen LogP contribution in [0.4, 0.5) is 5.69 Å². The third kappa shape index (κ3) is 2.75. The Labute approximate surface area is 141 Å².